The molecule has 1 heterocycles. The highest BCUT2D eigenvalue weighted by atomic mass is 16.1. The number of carbonyl (C=O) groups is 1. The fraction of sp³-hybridized carbons (Fsp3) is 0.750. The Balaban J connectivity index is 1.81. The van der Waals surface area contributed by atoms with Crippen molar-refractivity contribution in [2.24, 2.45) is 0 Å². The highest BCUT2D eigenvalue weighted by Gasteiger charge is 2.32. The summed E-state index contributed by atoms with van der Waals surface area (Å²) in [5, 5.41) is 12.7. The van der Waals surface area contributed by atoms with E-state index in [4.69, 9.17) is 0 Å². The summed E-state index contributed by atoms with van der Waals surface area (Å²) >= 11 is 0. The van der Waals surface area contributed by atoms with E-state index in [0.717, 1.165) is 12.8 Å². The van der Waals surface area contributed by atoms with Crippen molar-refractivity contribution in [2.45, 2.75) is 50.6 Å². The van der Waals surface area contributed by atoms with E-state index in [0.29, 0.717) is 18.8 Å². The molecule has 1 saturated carbocycles. The molecule has 3 N–H and O–H groups in total. The van der Waals surface area contributed by atoms with E-state index in [-0.39, 0.29) is 11.4 Å². The summed E-state index contributed by atoms with van der Waals surface area (Å²) in [4.78, 5) is 15.9. The third-order valence-electron chi connectivity index (χ3n) is 3.76. The van der Waals surface area contributed by atoms with Gasteiger partial charge in [0.2, 0.25) is 5.91 Å². The SMILES string of the molecule is CNC1(CC(=O)NCc2ncn[nH]2)CCCCC1. The summed E-state index contributed by atoms with van der Waals surface area (Å²) in [6, 6.07) is 0. The molecule has 2 rings (SSSR count). The van der Waals surface area contributed by atoms with Crippen LogP contribution in [0.2, 0.25) is 0 Å². The smallest absolute Gasteiger partial charge is 0.222 e. The maximum Gasteiger partial charge on any atom is 0.222 e. The Morgan fingerprint density at radius 1 is 1.44 bits per heavy atom. The lowest BCUT2D eigenvalue weighted by molar-refractivity contribution is -0.123. The molecule has 6 heteroatoms. The second kappa shape index (κ2) is 5.95. The molecule has 0 bridgehead atoms. The lowest BCUT2D eigenvalue weighted by Crippen LogP contribution is -2.48. The van der Waals surface area contributed by atoms with Crippen LogP contribution in [0.3, 0.4) is 0 Å². The van der Waals surface area contributed by atoms with Gasteiger partial charge in [-0.1, -0.05) is 19.3 Å². The quantitative estimate of drug-likeness (QED) is 0.720. The van der Waals surface area contributed by atoms with E-state index in [1.54, 1.807) is 0 Å². The largest absolute Gasteiger partial charge is 0.349 e. The van der Waals surface area contributed by atoms with Crippen molar-refractivity contribution in [3.8, 4) is 0 Å². The molecule has 1 fully saturated rings. The van der Waals surface area contributed by atoms with Gasteiger partial charge >= 0.3 is 0 Å². The third-order valence-corrected chi connectivity index (χ3v) is 3.76. The molecule has 1 aromatic rings. The first-order valence-corrected chi connectivity index (χ1v) is 6.54. The number of amides is 1. The minimum atomic E-state index is -0.0102. The monoisotopic (exact) mass is 251 g/mol. The van der Waals surface area contributed by atoms with Gasteiger partial charge < -0.3 is 10.6 Å². The van der Waals surface area contributed by atoms with E-state index in [9.17, 15) is 4.79 Å². The van der Waals surface area contributed by atoms with Gasteiger partial charge in [0.15, 0.2) is 0 Å². The summed E-state index contributed by atoms with van der Waals surface area (Å²) in [6.07, 6.45) is 7.84. The Hall–Kier alpha value is -1.43. The number of aromatic amines is 1. The zero-order valence-electron chi connectivity index (χ0n) is 10.8. The lowest BCUT2D eigenvalue weighted by atomic mass is 9.79. The summed E-state index contributed by atoms with van der Waals surface area (Å²) in [6.45, 7) is 0.415. The molecule has 6 nitrogen and oxygen atoms in total. The summed E-state index contributed by atoms with van der Waals surface area (Å²) in [5.41, 5.74) is -0.0102. The zero-order valence-corrected chi connectivity index (χ0v) is 10.8. The van der Waals surface area contributed by atoms with Gasteiger partial charge in [-0.15, -0.1) is 0 Å². The first-order valence-electron chi connectivity index (χ1n) is 6.54. The highest BCUT2D eigenvalue weighted by Crippen LogP contribution is 2.30. The van der Waals surface area contributed by atoms with Crippen molar-refractivity contribution in [1.82, 2.24) is 25.8 Å². The minimum absolute atomic E-state index is 0.0102. The Morgan fingerprint density at radius 3 is 2.83 bits per heavy atom. The lowest BCUT2D eigenvalue weighted by Gasteiger charge is -2.36. The first kappa shape index (κ1) is 13.0. The van der Waals surface area contributed by atoms with Crippen molar-refractivity contribution < 1.29 is 4.79 Å². The minimum Gasteiger partial charge on any atom is -0.349 e. The van der Waals surface area contributed by atoms with Crippen LogP contribution in [0.4, 0.5) is 0 Å². The molecule has 1 aromatic heterocycles. The van der Waals surface area contributed by atoms with Crippen LogP contribution >= 0.6 is 0 Å². The van der Waals surface area contributed by atoms with Crippen LogP contribution in [-0.2, 0) is 11.3 Å². The van der Waals surface area contributed by atoms with E-state index in [1.165, 1.54) is 25.6 Å². The van der Waals surface area contributed by atoms with Crippen LogP contribution in [0.1, 0.15) is 44.3 Å². The fourth-order valence-corrected chi connectivity index (χ4v) is 2.61. The van der Waals surface area contributed by atoms with E-state index >= 15 is 0 Å². The Bertz CT molecular complexity index is 370. The second-order valence-corrected chi connectivity index (χ2v) is 4.98. The molecule has 0 aliphatic heterocycles. The maximum atomic E-state index is 12.0. The van der Waals surface area contributed by atoms with Gasteiger partial charge in [-0.25, -0.2) is 4.98 Å². The second-order valence-electron chi connectivity index (χ2n) is 4.98. The predicted octanol–water partition coefficient (Wildman–Crippen LogP) is 0.733. The van der Waals surface area contributed by atoms with Gasteiger partial charge in [0.05, 0.1) is 6.54 Å². The van der Waals surface area contributed by atoms with Crippen LogP contribution in [-0.4, -0.2) is 33.7 Å². The standard InChI is InChI=1S/C12H21N5O/c1-13-12(5-3-2-4-6-12)7-11(18)14-8-10-15-9-16-17-10/h9,13H,2-8H2,1H3,(H,14,18)(H,15,16,17). The average molecular weight is 251 g/mol. The summed E-state index contributed by atoms with van der Waals surface area (Å²) < 4.78 is 0. The average Bonchev–Trinajstić information content (AvgIpc) is 2.91. The molecule has 0 saturated heterocycles. The molecule has 1 aliphatic carbocycles. The number of hydrogen-bond donors (Lipinski definition) is 3. The predicted molar refractivity (Wildman–Crippen MR) is 67.7 cm³/mol. The van der Waals surface area contributed by atoms with Crippen LogP contribution in [0.5, 0.6) is 0 Å². The normalized spacial score (nSPS) is 18.5. The van der Waals surface area contributed by atoms with Crippen molar-refractivity contribution in [3.63, 3.8) is 0 Å². The molecule has 18 heavy (non-hydrogen) atoms. The van der Waals surface area contributed by atoms with E-state index < -0.39 is 0 Å². The van der Waals surface area contributed by atoms with E-state index in [1.807, 2.05) is 7.05 Å². The molecular formula is C12H21N5O. The van der Waals surface area contributed by atoms with Crippen molar-refractivity contribution in [1.29, 1.82) is 0 Å². The van der Waals surface area contributed by atoms with Crippen LogP contribution in [0.15, 0.2) is 6.33 Å². The number of nitrogens with zero attached hydrogens (tertiary/aromatic N) is 2. The molecule has 0 aromatic carbocycles. The molecule has 1 aliphatic rings. The Kier molecular flexibility index (Phi) is 4.30. The van der Waals surface area contributed by atoms with Gasteiger partial charge in [-0.3, -0.25) is 9.89 Å². The first-order chi connectivity index (χ1) is 8.74. The number of rotatable bonds is 5. The number of carbonyl (C=O) groups excluding carboxylic acids is 1. The summed E-state index contributed by atoms with van der Waals surface area (Å²) in [7, 11) is 1.95. The molecular weight excluding hydrogens is 230 g/mol. The molecule has 100 valence electrons. The zero-order chi connectivity index (χ0) is 12.8. The Labute approximate surface area is 107 Å². The van der Waals surface area contributed by atoms with Crippen molar-refractivity contribution in [2.75, 3.05) is 7.05 Å². The number of aromatic nitrogens is 3. The fourth-order valence-electron chi connectivity index (χ4n) is 2.61. The van der Waals surface area contributed by atoms with Gasteiger partial charge in [0, 0.05) is 12.0 Å². The van der Waals surface area contributed by atoms with E-state index in [2.05, 4.69) is 25.8 Å². The van der Waals surface area contributed by atoms with Gasteiger partial charge in [0.25, 0.3) is 0 Å². The van der Waals surface area contributed by atoms with Crippen LogP contribution in [0.25, 0.3) is 0 Å². The molecule has 0 radical (unpaired) electrons. The number of H-pyrrole nitrogens is 1. The van der Waals surface area contributed by atoms with Crippen LogP contribution in [0, 0.1) is 0 Å². The number of hydrogen-bond acceptors (Lipinski definition) is 4. The van der Waals surface area contributed by atoms with Crippen molar-refractivity contribution in [3.05, 3.63) is 12.2 Å². The molecule has 1 amide bonds. The van der Waals surface area contributed by atoms with Gasteiger partial charge in [-0.2, -0.15) is 5.10 Å². The van der Waals surface area contributed by atoms with Gasteiger partial charge in [-0.05, 0) is 19.9 Å². The topological polar surface area (TPSA) is 82.7 Å². The summed E-state index contributed by atoms with van der Waals surface area (Å²) in [5.74, 6) is 0.758. The Morgan fingerprint density at radius 2 is 2.22 bits per heavy atom. The van der Waals surface area contributed by atoms with Crippen LogP contribution < -0.4 is 10.6 Å². The molecule has 0 spiro atoms. The highest BCUT2D eigenvalue weighted by molar-refractivity contribution is 5.77. The van der Waals surface area contributed by atoms with Gasteiger partial charge in [0.1, 0.15) is 12.2 Å². The third kappa shape index (κ3) is 3.29. The maximum absolute atomic E-state index is 12.0. The number of nitrogens with one attached hydrogen (secondary N) is 3. The molecule has 0 atom stereocenters. The van der Waals surface area contributed by atoms with Crippen molar-refractivity contribution >= 4 is 5.91 Å². The molecule has 0 unspecified atom stereocenters.